The van der Waals surface area contributed by atoms with Gasteiger partial charge in [-0.25, -0.2) is 0 Å². The van der Waals surface area contributed by atoms with E-state index in [0.29, 0.717) is 36.5 Å². The molecule has 0 aromatic heterocycles. The lowest BCUT2D eigenvalue weighted by Gasteiger charge is -2.37. The number of benzene rings is 1. The van der Waals surface area contributed by atoms with Gasteiger partial charge in [0.15, 0.2) is 0 Å². The molecule has 3 aliphatic rings. The van der Waals surface area contributed by atoms with E-state index in [0.717, 1.165) is 12.0 Å². The molecule has 0 saturated carbocycles. The molecule has 1 spiro atoms. The first-order valence-electron chi connectivity index (χ1n) is 12.6. The first-order valence-corrected chi connectivity index (χ1v) is 13.8. The van der Waals surface area contributed by atoms with Crippen molar-refractivity contribution in [2.45, 2.75) is 62.0 Å². The number of nitrogens with zero attached hydrogens (tertiary/aromatic N) is 2. The standard InChI is InChI=1S/C27H35ClN2O5S/c1-5-14-29(21-17(3)10-9-11-18(21)28)24(33)22-27-13-12-26(4,36-27)20(25(34)35-6-2)19(27)23(32)30(22)15-7-8-16-31/h5,9-11,19-20,22,31H,1,6-8,12-16H2,2-4H3/t19-,20+,22?,26-,27?/m0/s1. The summed E-state index contributed by atoms with van der Waals surface area (Å²) in [6.07, 6.45) is 4.13. The van der Waals surface area contributed by atoms with E-state index in [1.807, 2.05) is 26.0 Å². The van der Waals surface area contributed by atoms with Crippen molar-refractivity contribution in [2.24, 2.45) is 11.8 Å². The number of para-hydroxylation sites is 1. The van der Waals surface area contributed by atoms with Crippen LogP contribution in [0.25, 0.3) is 0 Å². The van der Waals surface area contributed by atoms with Crippen LogP contribution in [0.2, 0.25) is 5.02 Å². The molecule has 3 heterocycles. The molecule has 3 aliphatic heterocycles. The molecule has 2 amide bonds. The van der Waals surface area contributed by atoms with Gasteiger partial charge in [-0.15, -0.1) is 18.3 Å². The van der Waals surface area contributed by atoms with Crippen molar-refractivity contribution in [3.05, 3.63) is 41.4 Å². The summed E-state index contributed by atoms with van der Waals surface area (Å²) < 4.78 is 4.24. The molecule has 2 unspecified atom stereocenters. The summed E-state index contributed by atoms with van der Waals surface area (Å²) in [6.45, 7) is 10.4. The van der Waals surface area contributed by atoms with Crippen molar-refractivity contribution >= 4 is 46.8 Å². The Morgan fingerprint density at radius 1 is 1.36 bits per heavy atom. The topological polar surface area (TPSA) is 87.2 Å². The van der Waals surface area contributed by atoms with Gasteiger partial charge in [0.05, 0.1) is 33.9 Å². The van der Waals surface area contributed by atoms with Crippen molar-refractivity contribution in [3.63, 3.8) is 0 Å². The molecule has 2 bridgehead atoms. The number of hydrogen-bond donors (Lipinski definition) is 1. The van der Waals surface area contributed by atoms with E-state index < -0.39 is 27.4 Å². The lowest BCUT2D eigenvalue weighted by atomic mass is 9.66. The summed E-state index contributed by atoms with van der Waals surface area (Å²) in [5, 5.41) is 9.81. The van der Waals surface area contributed by atoms with Crippen LogP contribution >= 0.6 is 23.4 Å². The van der Waals surface area contributed by atoms with Crippen LogP contribution in [0.3, 0.4) is 0 Å². The fourth-order valence-corrected chi connectivity index (χ4v) is 9.13. The molecule has 7 nitrogen and oxygen atoms in total. The quantitative estimate of drug-likeness (QED) is 0.277. The third-order valence-electron chi connectivity index (χ3n) is 7.89. The van der Waals surface area contributed by atoms with Gasteiger partial charge in [0.25, 0.3) is 5.91 Å². The Morgan fingerprint density at radius 2 is 2.11 bits per heavy atom. The van der Waals surface area contributed by atoms with Gasteiger partial charge in [-0.05, 0) is 58.1 Å². The van der Waals surface area contributed by atoms with Crippen LogP contribution in [0.4, 0.5) is 5.69 Å². The molecule has 4 rings (SSSR count). The second kappa shape index (κ2) is 10.4. The number of aliphatic hydroxyl groups excluding tert-OH is 1. The van der Waals surface area contributed by atoms with Crippen molar-refractivity contribution in [1.29, 1.82) is 0 Å². The average Bonchev–Trinajstić information content (AvgIpc) is 3.39. The van der Waals surface area contributed by atoms with E-state index in [9.17, 15) is 19.5 Å². The molecular formula is C27H35ClN2O5S. The zero-order valence-electron chi connectivity index (χ0n) is 21.2. The van der Waals surface area contributed by atoms with Crippen LogP contribution in [0.1, 0.15) is 45.1 Å². The Labute approximate surface area is 222 Å². The second-order valence-electron chi connectivity index (χ2n) is 10.1. The maximum Gasteiger partial charge on any atom is 0.311 e. The van der Waals surface area contributed by atoms with Crippen LogP contribution in [0, 0.1) is 18.8 Å². The fraction of sp³-hybridized carbons (Fsp3) is 0.593. The number of aryl methyl sites for hydroxylation is 1. The molecule has 196 valence electrons. The lowest BCUT2D eigenvalue weighted by molar-refractivity contribution is -0.155. The van der Waals surface area contributed by atoms with Gasteiger partial charge >= 0.3 is 5.97 Å². The number of amides is 2. The van der Waals surface area contributed by atoms with Crippen LogP contribution < -0.4 is 4.90 Å². The first-order chi connectivity index (χ1) is 17.2. The van der Waals surface area contributed by atoms with Crippen molar-refractivity contribution < 1.29 is 24.2 Å². The predicted octanol–water partition coefficient (Wildman–Crippen LogP) is 3.98. The van der Waals surface area contributed by atoms with E-state index >= 15 is 0 Å². The molecular weight excluding hydrogens is 500 g/mol. The number of esters is 1. The number of carbonyl (C=O) groups is 3. The first kappa shape index (κ1) is 27.0. The Morgan fingerprint density at radius 3 is 2.75 bits per heavy atom. The number of unbranched alkanes of at least 4 members (excludes halogenated alkanes) is 1. The number of thioether (sulfide) groups is 1. The molecule has 1 N–H and O–H groups in total. The average molecular weight is 535 g/mol. The number of aliphatic hydroxyl groups is 1. The van der Waals surface area contributed by atoms with Gasteiger partial charge < -0.3 is 19.6 Å². The summed E-state index contributed by atoms with van der Waals surface area (Å²) >= 11 is 8.20. The zero-order valence-corrected chi connectivity index (χ0v) is 22.7. The number of halogens is 1. The summed E-state index contributed by atoms with van der Waals surface area (Å²) in [7, 11) is 0. The molecule has 1 aromatic carbocycles. The van der Waals surface area contributed by atoms with E-state index in [-0.39, 0.29) is 37.5 Å². The lowest BCUT2D eigenvalue weighted by Crippen LogP contribution is -2.55. The van der Waals surface area contributed by atoms with Gasteiger partial charge in [-0.3, -0.25) is 14.4 Å². The van der Waals surface area contributed by atoms with Crippen molar-refractivity contribution in [1.82, 2.24) is 4.90 Å². The van der Waals surface area contributed by atoms with Gasteiger partial charge in [0.1, 0.15) is 6.04 Å². The van der Waals surface area contributed by atoms with Gasteiger partial charge in [0.2, 0.25) is 5.91 Å². The van der Waals surface area contributed by atoms with Crippen LogP contribution in [-0.4, -0.2) is 69.6 Å². The zero-order chi connectivity index (χ0) is 26.3. The molecule has 0 aliphatic carbocycles. The van der Waals surface area contributed by atoms with E-state index in [1.165, 1.54) is 0 Å². The number of ether oxygens (including phenoxy) is 1. The van der Waals surface area contributed by atoms with Crippen LogP contribution in [0.5, 0.6) is 0 Å². The minimum Gasteiger partial charge on any atom is -0.466 e. The largest absolute Gasteiger partial charge is 0.466 e. The highest BCUT2D eigenvalue weighted by atomic mass is 35.5. The molecule has 36 heavy (non-hydrogen) atoms. The fourth-order valence-electron chi connectivity index (χ4n) is 6.46. The Bertz CT molecular complexity index is 1050. The predicted molar refractivity (Wildman–Crippen MR) is 142 cm³/mol. The number of rotatable bonds is 10. The highest BCUT2D eigenvalue weighted by Gasteiger charge is 2.77. The summed E-state index contributed by atoms with van der Waals surface area (Å²) in [6, 6.07) is 4.74. The molecule has 3 fully saturated rings. The third kappa shape index (κ3) is 4.15. The van der Waals surface area contributed by atoms with Crippen molar-refractivity contribution in [3.8, 4) is 0 Å². The number of likely N-dealkylation sites (tertiary alicyclic amines) is 1. The minimum atomic E-state index is -0.754. The van der Waals surface area contributed by atoms with Crippen LogP contribution in [-0.2, 0) is 19.1 Å². The Hall–Kier alpha value is -2.03. The summed E-state index contributed by atoms with van der Waals surface area (Å²) in [4.78, 5) is 45.0. The minimum absolute atomic E-state index is 0.00882. The van der Waals surface area contributed by atoms with E-state index in [1.54, 1.807) is 40.6 Å². The van der Waals surface area contributed by atoms with Crippen molar-refractivity contribution in [2.75, 3.05) is 31.2 Å². The van der Waals surface area contributed by atoms with Gasteiger partial charge in [0, 0.05) is 24.4 Å². The molecule has 0 radical (unpaired) electrons. The number of fused-ring (bicyclic) bond motifs is 1. The maximum atomic E-state index is 14.5. The summed E-state index contributed by atoms with van der Waals surface area (Å²) in [5.41, 5.74) is 1.46. The molecule has 3 saturated heterocycles. The molecule has 1 aromatic rings. The van der Waals surface area contributed by atoms with Gasteiger partial charge in [-0.1, -0.05) is 29.8 Å². The SMILES string of the molecule is C=CCN(C(=O)C1N(CCCCO)C(=O)[C@@H]2[C@H](C(=O)OCC)[C@]3(C)CCC12S3)c1c(C)cccc1Cl. The summed E-state index contributed by atoms with van der Waals surface area (Å²) in [5.74, 6) is -1.97. The maximum absolute atomic E-state index is 14.5. The number of hydrogen-bond acceptors (Lipinski definition) is 6. The normalized spacial score (nSPS) is 30.4. The monoisotopic (exact) mass is 534 g/mol. The van der Waals surface area contributed by atoms with E-state index in [4.69, 9.17) is 16.3 Å². The smallest absolute Gasteiger partial charge is 0.311 e. The highest BCUT2D eigenvalue weighted by Crippen LogP contribution is 2.71. The molecule has 9 heteroatoms. The number of carbonyl (C=O) groups excluding carboxylic acids is 3. The Kier molecular flexibility index (Phi) is 7.79. The Balaban J connectivity index is 1.81. The second-order valence-corrected chi connectivity index (χ2v) is 12.4. The highest BCUT2D eigenvalue weighted by molar-refractivity contribution is 8.02. The molecule has 5 atom stereocenters. The van der Waals surface area contributed by atoms with Crippen LogP contribution in [0.15, 0.2) is 30.9 Å². The third-order valence-corrected chi connectivity index (χ3v) is 10.2. The van der Waals surface area contributed by atoms with Gasteiger partial charge in [-0.2, -0.15) is 0 Å². The number of anilines is 1. The van der Waals surface area contributed by atoms with E-state index in [2.05, 4.69) is 6.58 Å².